The van der Waals surface area contributed by atoms with Crippen LogP contribution in [-0.4, -0.2) is 8.75 Å². The summed E-state index contributed by atoms with van der Waals surface area (Å²) in [5, 5.41) is 0. The highest BCUT2D eigenvalue weighted by Gasteiger charge is 2.07. The van der Waals surface area contributed by atoms with E-state index in [0.29, 0.717) is 0 Å². The maximum absolute atomic E-state index is 6.02. The molecule has 72 valence electrons. The second kappa shape index (κ2) is 4.30. The molecule has 1 heterocycles. The van der Waals surface area contributed by atoms with E-state index < -0.39 is 0 Å². The van der Waals surface area contributed by atoms with Crippen molar-refractivity contribution in [3.63, 3.8) is 0 Å². The topological polar surface area (TPSA) is 51.8 Å². The minimum Gasteiger partial charge on any atom is -0.324 e. The van der Waals surface area contributed by atoms with Gasteiger partial charge in [-0.3, -0.25) is 0 Å². The monoisotopic (exact) mass is 205 g/mol. The summed E-state index contributed by atoms with van der Waals surface area (Å²) in [4.78, 5) is 0. The number of aromatic nitrogens is 2. The molecule has 1 unspecified atom stereocenters. The predicted molar refractivity (Wildman–Crippen MR) is 57.0 cm³/mol. The van der Waals surface area contributed by atoms with E-state index in [4.69, 9.17) is 5.73 Å². The highest BCUT2D eigenvalue weighted by Crippen LogP contribution is 2.14. The van der Waals surface area contributed by atoms with Gasteiger partial charge in [-0.2, -0.15) is 8.75 Å². The van der Waals surface area contributed by atoms with Crippen LogP contribution in [0.15, 0.2) is 36.5 Å². The van der Waals surface area contributed by atoms with Crippen LogP contribution in [0.5, 0.6) is 0 Å². The molecule has 0 aliphatic carbocycles. The molecule has 0 saturated heterocycles. The Hall–Kier alpha value is -1.26. The van der Waals surface area contributed by atoms with Crippen LogP contribution < -0.4 is 5.73 Å². The number of hydrogen-bond donors (Lipinski definition) is 1. The first-order valence-electron chi connectivity index (χ1n) is 4.43. The van der Waals surface area contributed by atoms with Crippen molar-refractivity contribution in [3.05, 3.63) is 47.8 Å². The Balaban J connectivity index is 2.07. The van der Waals surface area contributed by atoms with Crippen LogP contribution in [-0.2, 0) is 6.42 Å². The SMILES string of the molecule is NC(Cc1cnsn1)c1ccccc1. The molecule has 14 heavy (non-hydrogen) atoms. The van der Waals surface area contributed by atoms with Crippen molar-refractivity contribution in [2.75, 3.05) is 0 Å². The van der Waals surface area contributed by atoms with E-state index >= 15 is 0 Å². The number of rotatable bonds is 3. The zero-order valence-electron chi connectivity index (χ0n) is 7.63. The first-order valence-corrected chi connectivity index (χ1v) is 5.16. The molecule has 0 amide bonds. The summed E-state index contributed by atoms with van der Waals surface area (Å²) in [7, 11) is 0. The van der Waals surface area contributed by atoms with E-state index in [2.05, 4.69) is 8.75 Å². The zero-order valence-corrected chi connectivity index (χ0v) is 8.45. The smallest absolute Gasteiger partial charge is 0.0761 e. The van der Waals surface area contributed by atoms with Gasteiger partial charge in [0.15, 0.2) is 0 Å². The fourth-order valence-electron chi connectivity index (χ4n) is 1.32. The summed E-state index contributed by atoms with van der Waals surface area (Å²) in [6, 6.07) is 10.1. The van der Waals surface area contributed by atoms with Gasteiger partial charge in [0.2, 0.25) is 0 Å². The minimum atomic E-state index is 0.0140. The fourth-order valence-corrected chi connectivity index (χ4v) is 1.76. The average molecular weight is 205 g/mol. The van der Waals surface area contributed by atoms with Crippen LogP contribution in [0.25, 0.3) is 0 Å². The largest absolute Gasteiger partial charge is 0.324 e. The first kappa shape index (κ1) is 9.30. The van der Waals surface area contributed by atoms with Gasteiger partial charge in [0.05, 0.1) is 23.6 Å². The lowest BCUT2D eigenvalue weighted by atomic mass is 10.0. The van der Waals surface area contributed by atoms with Gasteiger partial charge in [-0.05, 0) is 5.56 Å². The van der Waals surface area contributed by atoms with Gasteiger partial charge >= 0.3 is 0 Å². The normalized spacial score (nSPS) is 12.6. The van der Waals surface area contributed by atoms with Crippen molar-refractivity contribution in [3.8, 4) is 0 Å². The number of nitrogens with zero attached hydrogens (tertiary/aromatic N) is 2. The Labute approximate surface area is 86.9 Å². The molecule has 1 aromatic carbocycles. The quantitative estimate of drug-likeness (QED) is 0.831. The van der Waals surface area contributed by atoms with Gasteiger partial charge < -0.3 is 5.73 Å². The highest BCUT2D eigenvalue weighted by atomic mass is 32.1. The highest BCUT2D eigenvalue weighted by molar-refractivity contribution is 6.99. The molecule has 2 N–H and O–H groups in total. The van der Waals surface area contributed by atoms with E-state index in [-0.39, 0.29) is 6.04 Å². The van der Waals surface area contributed by atoms with Gasteiger partial charge in [0, 0.05) is 12.5 Å². The molecule has 2 aromatic rings. The number of benzene rings is 1. The third-order valence-electron chi connectivity index (χ3n) is 2.06. The van der Waals surface area contributed by atoms with E-state index in [1.165, 1.54) is 11.7 Å². The predicted octanol–water partition coefficient (Wildman–Crippen LogP) is 1.78. The van der Waals surface area contributed by atoms with Crippen LogP contribution in [0.4, 0.5) is 0 Å². The molecule has 0 radical (unpaired) electrons. The van der Waals surface area contributed by atoms with Gasteiger partial charge in [-0.1, -0.05) is 30.3 Å². The Bertz CT molecular complexity index is 372. The maximum Gasteiger partial charge on any atom is 0.0761 e. The molecule has 0 fully saturated rings. The molecule has 4 heteroatoms. The number of hydrogen-bond acceptors (Lipinski definition) is 4. The Kier molecular flexibility index (Phi) is 2.86. The summed E-state index contributed by atoms with van der Waals surface area (Å²) < 4.78 is 8.08. The van der Waals surface area contributed by atoms with Crippen LogP contribution >= 0.6 is 11.7 Å². The minimum absolute atomic E-state index is 0.0140. The van der Waals surface area contributed by atoms with E-state index in [9.17, 15) is 0 Å². The van der Waals surface area contributed by atoms with Crippen molar-refractivity contribution in [2.24, 2.45) is 5.73 Å². The third-order valence-corrected chi connectivity index (χ3v) is 2.58. The van der Waals surface area contributed by atoms with Gasteiger partial charge in [-0.25, -0.2) is 0 Å². The average Bonchev–Trinajstić information content (AvgIpc) is 2.72. The lowest BCUT2D eigenvalue weighted by Crippen LogP contribution is -2.13. The Morgan fingerprint density at radius 1 is 1.29 bits per heavy atom. The lowest BCUT2D eigenvalue weighted by Gasteiger charge is -2.09. The summed E-state index contributed by atoms with van der Waals surface area (Å²) in [5.41, 5.74) is 8.13. The summed E-state index contributed by atoms with van der Waals surface area (Å²) in [5.74, 6) is 0. The second-order valence-electron chi connectivity index (χ2n) is 3.12. The fraction of sp³-hybridized carbons (Fsp3) is 0.200. The Morgan fingerprint density at radius 3 is 2.71 bits per heavy atom. The lowest BCUT2D eigenvalue weighted by molar-refractivity contribution is 0.711. The molecule has 1 atom stereocenters. The van der Waals surface area contributed by atoms with Crippen molar-refractivity contribution in [1.29, 1.82) is 0 Å². The van der Waals surface area contributed by atoms with Crippen LogP contribution in [0.1, 0.15) is 17.3 Å². The van der Waals surface area contributed by atoms with E-state index in [1.54, 1.807) is 6.20 Å². The summed E-state index contributed by atoms with van der Waals surface area (Å²) in [6.45, 7) is 0. The summed E-state index contributed by atoms with van der Waals surface area (Å²) >= 11 is 1.22. The number of nitrogens with two attached hydrogens (primary N) is 1. The molecular formula is C10H11N3S. The maximum atomic E-state index is 6.02. The van der Waals surface area contributed by atoms with Crippen LogP contribution in [0.2, 0.25) is 0 Å². The molecule has 3 nitrogen and oxygen atoms in total. The van der Waals surface area contributed by atoms with Gasteiger partial charge in [0.25, 0.3) is 0 Å². The Morgan fingerprint density at radius 2 is 2.07 bits per heavy atom. The molecular weight excluding hydrogens is 194 g/mol. The zero-order chi connectivity index (χ0) is 9.80. The first-order chi connectivity index (χ1) is 6.86. The van der Waals surface area contributed by atoms with Crippen molar-refractivity contribution in [1.82, 2.24) is 8.75 Å². The van der Waals surface area contributed by atoms with Crippen LogP contribution in [0, 0.1) is 0 Å². The molecule has 2 rings (SSSR count). The van der Waals surface area contributed by atoms with Crippen molar-refractivity contribution < 1.29 is 0 Å². The molecule has 0 aliphatic heterocycles. The van der Waals surface area contributed by atoms with Crippen LogP contribution in [0.3, 0.4) is 0 Å². The molecule has 0 aliphatic rings. The third kappa shape index (κ3) is 2.16. The van der Waals surface area contributed by atoms with Crippen molar-refractivity contribution in [2.45, 2.75) is 12.5 Å². The second-order valence-corrected chi connectivity index (χ2v) is 3.68. The molecule has 0 bridgehead atoms. The van der Waals surface area contributed by atoms with E-state index in [0.717, 1.165) is 17.7 Å². The molecule has 0 saturated carbocycles. The van der Waals surface area contributed by atoms with Gasteiger partial charge in [-0.15, -0.1) is 0 Å². The van der Waals surface area contributed by atoms with Gasteiger partial charge in [0.1, 0.15) is 0 Å². The standard InChI is InChI=1S/C10H11N3S/c11-10(6-9-7-12-14-13-9)8-4-2-1-3-5-8/h1-5,7,10H,6,11H2. The van der Waals surface area contributed by atoms with E-state index in [1.807, 2.05) is 30.3 Å². The molecule has 0 spiro atoms. The molecule has 1 aromatic heterocycles. The van der Waals surface area contributed by atoms with Crippen molar-refractivity contribution >= 4 is 11.7 Å². The summed E-state index contributed by atoms with van der Waals surface area (Å²) in [6.07, 6.45) is 2.52.